The molecule has 8 heteroatoms. The molecule has 29 heavy (non-hydrogen) atoms. The smallest absolute Gasteiger partial charge is 0.276 e. The topological polar surface area (TPSA) is 77.4 Å². The van der Waals surface area contributed by atoms with Crippen molar-refractivity contribution in [3.63, 3.8) is 0 Å². The van der Waals surface area contributed by atoms with Crippen molar-refractivity contribution in [2.45, 2.75) is 56.8 Å². The minimum atomic E-state index is -0.504. The van der Waals surface area contributed by atoms with E-state index >= 15 is 0 Å². The molecule has 156 valence electrons. The average molecular weight is 419 g/mol. The number of ether oxygens (including phenoxy) is 2. The van der Waals surface area contributed by atoms with Crippen molar-refractivity contribution >= 4 is 24.0 Å². The van der Waals surface area contributed by atoms with Crippen LogP contribution in [0, 0.1) is 0 Å². The molecule has 1 aliphatic carbocycles. The Kier molecular flexibility index (Phi) is 5.69. The summed E-state index contributed by atoms with van der Waals surface area (Å²) in [6.07, 6.45) is 9.40. The number of nitrogens with one attached hydrogen (secondary N) is 2. The molecule has 2 N–H and O–H groups in total. The Labute approximate surface area is 176 Å². The zero-order valence-electron chi connectivity index (χ0n) is 16.4. The number of fused-ring (bicyclic) bond motifs is 1. The van der Waals surface area contributed by atoms with Crippen LogP contribution in [0.2, 0.25) is 0 Å². The third-order valence-electron chi connectivity index (χ3n) is 5.89. The fourth-order valence-corrected chi connectivity index (χ4v) is 4.38. The summed E-state index contributed by atoms with van der Waals surface area (Å²) in [7, 11) is 0. The maximum Gasteiger partial charge on any atom is 0.276 e. The molecule has 1 saturated carbocycles. The van der Waals surface area contributed by atoms with Gasteiger partial charge in [-0.05, 0) is 50.4 Å². The van der Waals surface area contributed by atoms with Crippen LogP contribution in [0.3, 0.4) is 0 Å². The van der Waals surface area contributed by atoms with Crippen molar-refractivity contribution in [2.24, 2.45) is 0 Å². The molecule has 1 spiro atoms. The van der Waals surface area contributed by atoms with E-state index in [-0.39, 0.29) is 18.3 Å². The van der Waals surface area contributed by atoms with Crippen LogP contribution in [0.5, 0.6) is 11.5 Å². The molecular weight excluding hydrogens is 392 g/mol. The van der Waals surface area contributed by atoms with Gasteiger partial charge in [0.2, 0.25) is 0 Å². The first-order chi connectivity index (χ1) is 13.7. The Bertz CT molecular complexity index is 873. The first-order valence-electron chi connectivity index (χ1n) is 10.3. The van der Waals surface area contributed by atoms with Gasteiger partial charge >= 0.3 is 0 Å². The van der Waals surface area contributed by atoms with Gasteiger partial charge in [0.15, 0.2) is 17.2 Å². The van der Waals surface area contributed by atoms with E-state index in [1.807, 2.05) is 29.1 Å². The van der Waals surface area contributed by atoms with Crippen LogP contribution in [0.4, 0.5) is 5.69 Å². The predicted octanol–water partition coefficient (Wildman–Crippen LogP) is 3.91. The summed E-state index contributed by atoms with van der Waals surface area (Å²) in [6.45, 7) is 1.95. The number of hydrogen-bond donors (Lipinski definition) is 2. The first kappa shape index (κ1) is 20.0. The van der Waals surface area contributed by atoms with Crippen LogP contribution in [0.1, 0.15) is 61.5 Å². The Morgan fingerprint density at radius 1 is 1.14 bits per heavy atom. The van der Waals surface area contributed by atoms with E-state index < -0.39 is 5.79 Å². The van der Waals surface area contributed by atoms with Crippen molar-refractivity contribution in [3.05, 3.63) is 36.2 Å². The van der Waals surface area contributed by atoms with Crippen molar-refractivity contribution in [2.75, 3.05) is 18.4 Å². The summed E-state index contributed by atoms with van der Waals surface area (Å²) in [5.41, 5.74) is 1.11. The standard InChI is InChI=1S/C21H26N4O3.ClH/c26-20(17-8-12-25(24-17)16-5-4-11-22-14-16)23-15-6-7-18-19(13-15)28-21(27-18)9-2-1-3-10-21;/h6-8,12-13,16,22H,1-5,9-11,14H2,(H,23,26);1H. The SMILES string of the molecule is Cl.O=C(Nc1ccc2c(c1)OC1(CCCCC1)O2)c1ccn(C2CCCNC2)n1. The summed E-state index contributed by atoms with van der Waals surface area (Å²) >= 11 is 0. The first-order valence-corrected chi connectivity index (χ1v) is 10.3. The highest BCUT2D eigenvalue weighted by Crippen LogP contribution is 2.46. The van der Waals surface area contributed by atoms with Crippen LogP contribution in [-0.2, 0) is 0 Å². The molecule has 1 atom stereocenters. The summed E-state index contributed by atoms with van der Waals surface area (Å²) in [5.74, 6) is 0.747. The van der Waals surface area contributed by atoms with E-state index in [1.54, 1.807) is 6.07 Å². The Balaban J connectivity index is 0.00000205. The van der Waals surface area contributed by atoms with Crippen LogP contribution in [0.25, 0.3) is 0 Å². The van der Waals surface area contributed by atoms with Gasteiger partial charge in [0.05, 0.1) is 6.04 Å². The zero-order valence-corrected chi connectivity index (χ0v) is 17.2. The summed E-state index contributed by atoms with van der Waals surface area (Å²) < 4.78 is 14.1. The maximum absolute atomic E-state index is 12.6. The van der Waals surface area contributed by atoms with Crippen LogP contribution in [-0.4, -0.2) is 34.6 Å². The Hall–Kier alpha value is -2.25. The highest BCUT2D eigenvalue weighted by atomic mass is 35.5. The Morgan fingerprint density at radius 3 is 2.76 bits per heavy atom. The third-order valence-corrected chi connectivity index (χ3v) is 5.89. The maximum atomic E-state index is 12.6. The van der Waals surface area contributed by atoms with Crippen LogP contribution in [0.15, 0.2) is 30.5 Å². The number of nitrogens with zero attached hydrogens (tertiary/aromatic N) is 2. The molecule has 3 heterocycles. The molecule has 0 radical (unpaired) electrons. The van der Waals surface area contributed by atoms with Crippen molar-refractivity contribution < 1.29 is 14.3 Å². The van der Waals surface area contributed by atoms with Gasteiger partial charge in [-0.25, -0.2) is 0 Å². The number of carbonyl (C=O) groups excluding carboxylic acids is 1. The summed E-state index contributed by atoms with van der Waals surface area (Å²) in [6, 6.07) is 7.66. The average Bonchev–Trinajstić information content (AvgIpc) is 3.34. The van der Waals surface area contributed by atoms with E-state index in [0.717, 1.165) is 57.4 Å². The molecule has 2 aliphatic heterocycles. The molecule has 3 aliphatic rings. The molecular formula is C21H27ClN4O3. The lowest BCUT2D eigenvalue weighted by Gasteiger charge is -2.31. The van der Waals surface area contributed by atoms with Gasteiger partial charge in [0.1, 0.15) is 0 Å². The second-order valence-electron chi connectivity index (χ2n) is 7.97. The molecule has 1 unspecified atom stereocenters. The lowest BCUT2D eigenvalue weighted by atomic mass is 9.94. The highest BCUT2D eigenvalue weighted by molar-refractivity contribution is 6.02. The number of benzene rings is 1. The zero-order chi connectivity index (χ0) is 19.0. The number of amides is 1. The minimum absolute atomic E-state index is 0. The lowest BCUT2D eigenvalue weighted by molar-refractivity contribution is -0.105. The molecule has 1 amide bonds. The van der Waals surface area contributed by atoms with E-state index in [9.17, 15) is 4.79 Å². The van der Waals surface area contributed by atoms with E-state index in [2.05, 4.69) is 15.7 Å². The minimum Gasteiger partial charge on any atom is -0.448 e. The molecule has 2 aromatic rings. The van der Waals surface area contributed by atoms with Crippen molar-refractivity contribution in [1.82, 2.24) is 15.1 Å². The van der Waals surface area contributed by atoms with Gasteiger partial charge in [0.25, 0.3) is 11.7 Å². The molecule has 5 rings (SSSR count). The molecule has 7 nitrogen and oxygen atoms in total. The van der Waals surface area contributed by atoms with Crippen molar-refractivity contribution in [3.8, 4) is 11.5 Å². The van der Waals surface area contributed by atoms with Crippen LogP contribution >= 0.6 is 12.4 Å². The molecule has 0 bridgehead atoms. The second-order valence-corrected chi connectivity index (χ2v) is 7.97. The number of piperidine rings is 1. The fourth-order valence-electron chi connectivity index (χ4n) is 4.38. The second kappa shape index (κ2) is 8.24. The van der Waals surface area contributed by atoms with Gasteiger partial charge < -0.3 is 20.1 Å². The van der Waals surface area contributed by atoms with Crippen LogP contribution < -0.4 is 20.1 Å². The predicted molar refractivity (Wildman–Crippen MR) is 112 cm³/mol. The normalized spacial score (nSPS) is 22.1. The number of hydrogen-bond acceptors (Lipinski definition) is 5. The molecule has 1 saturated heterocycles. The summed E-state index contributed by atoms with van der Waals surface area (Å²) in [5, 5.41) is 10.8. The molecule has 1 aromatic carbocycles. The van der Waals surface area contributed by atoms with Gasteiger partial charge in [0, 0.05) is 37.3 Å². The summed E-state index contributed by atoms with van der Waals surface area (Å²) in [4.78, 5) is 12.6. The van der Waals surface area contributed by atoms with Crippen molar-refractivity contribution in [1.29, 1.82) is 0 Å². The van der Waals surface area contributed by atoms with Gasteiger partial charge in [-0.1, -0.05) is 6.42 Å². The molecule has 2 fully saturated rings. The fraction of sp³-hybridized carbons (Fsp3) is 0.524. The van der Waals surface area contributed by atoms with E-state index in [1.165, 1.54) is 6.42 Å². The Morgan fingerprint density at radius 2 is 1.97 bits per heavy atom. The van der Waals surface area contributed by atoms with Gasteiger partial charge in [-0.2, -0.15) is 5.10 Å². The number of halogens is 1. The van der Waals surface area contributed by atoms with Gasteiger partial charge in [-0.15, -0.1) is 12.4 Å². The monoisotopic (exact) mass is 418 g/mol. The number of aromatic nitrogens is 2. The number of carbonyl (C=O) groups is 1. The third kappa shape index (κ3) is 4.07. The molecule has 1 aromatic heterocycles. The van der Waals surface area contributed by atoms with E-state index in [4.69, 9.17) is 9.47 Å². The van der Waals surface area contributed by atoms with E-state index in [0.29, 0.717) is 23.2 Å². The van der Waals surface area contributed by atoms with Gasteiger partial charge in [-0.3, -0.25) is 9.48 Å². The lowest BCUT2D eigenvalue weighted by Crippen LogP contribution is -2.40. The quantitative estimate of drug-likeness (QED) is 0.790. The largest absolute Gasteiger partial charge is 0.448 e. The highest BCUT2D eigenvalue weighted by Gasteiger charge is 2.42. The number of anilines is 1. The number of rotatable bonds is 3.